The normalized spacial score (nSPS) is 10.3. The second kappa shape index (κ2) is 8.76. The third-order valence-electron chi connectivity index (χ3n) is 4.08. The van der Waals surface area contributed by atoms with Gasteiger partial charge in [0.2, 0.25) is 0 Å². The lowest BCUT2D eigenvalue weighted by Crippen LogP contribution is -2.26. The smallest absolute Gasteiger partial charge is 0.255 e. The average Bonchev–Trinajstić information content (AvgIpc) is 2.69. The summed E-state index contributed by atoms with van der Waals surface area (Å²) >= 11 is 0. The van der Waals surface area contributed by atoms with Crippen molar-refractivity contribution < 1.29 is 4.79 Å². The molecule has 0 atom stereocenters. The molecule has 0 radical (unpaired) electrons. The highest BCUT2D eigenvalue weighted by atomic mass is 16.1. The van der Waals surface area contributed by atoms with E-state index in [9.17, 15) is 4.79 Å². The van der Waals surface area contributed by atoms with Gasteiger partial charge in [-0.1, -0.05) is 29.8 Å². The molecule has 0 saturated carbocycles. The van der Waals surface area contributed by atoms with Gasteiger partial charge in [-0.05, 0) is 48.7 Å². The zero-order valence-corrected chi connectivity index (χ0v) is 14.8. The highest BCUT2D eigenvalue weighted by Gasteiger charge is 2.11. The predicted molar refractivity (Wildman–Crippen MR) is 103 cm³/mol. The number of rotatable bonds is 7. The number of hydrogen-bond acceptors (Lipinski definition) is 4. The van der Waals surface area contributed by atoms with Crippen LogP contribution in [0.2, 0.25) is 0 Å². The van der Waals surface area contributed by atoms with Crippen LogP contribution in [-0.4, -0.2) is 22.4 Å². The summed E-state index contributed by atoms with van der Waals surface area (Å²) in [6.07, 6.45) is 5.96. The van der Waals surface area contributed by atoms with Gasteiger partial charge in [0.05, 0.1) is 5.56 Å². The van der Waals surface area contributed by atoms with Crippen LogP contribution < -0.4 is 10.6 Å². The molecule has 0 aliphatic carbocycles. The number of carbonyl (C=O) groups excluding carboxylic acids is 1. The molecule has 0 aliphatic rings. The highest BCUT2D eigenvalue weighted by Crippen LogP contribution is 2.13. The fourth-order valence-corrected chi connectivity index (χ4v) is 2.59. The lowest BCUT2D eigenvalue weighted by Gasteiger charge is -2.11. The first-order chi connectivity index (χ1) is 12.7. The summed E-state index contributed by atoms with van der Waals surface area (Å²) in [5.41, 5.74) is 4.07. The minimum Gasteiger partial charge on any atom is -0.365 e. The van der Waals surface area contributed by atoms with Gasteiger partial charge in [-0.15, -0.1) is 0 Å². The van der Waals surface area contributed by atoms with E-state index in [2.05, 4.69) is 51.8 Å². The molecular formula is C21H22N4O. The lowest BCUT2D eigenvalue weighted by atomic mass is 10.1. The minimum absolute atomic E-state index is 0.123. The van der Waals surface area contributed by atoms with Crippen molar-refractivity contribution >= 4 is 11.7 Å². The van der Waals surface area contributed by atoms with Gasteiger partial charge in [0, 0.05) is 31.7 Å². The van der Waals surface area contributed by atoms with Crippen molar-refractivity contribution in [2.24, 2.45) is 0 Å². The third kappa shape index (κ3) is 4.89. The van der Waals surface area contributed by atoms with Crippen molar-refractivity contribution in [3.63, 3.8) is 0 Å². The van der Waals surface area contributed by atoms with E-state index in [0.717, 1.165) is 12.0 Å². The monoisotopic (exact) mass is 346 g/mol. The molecule has 132 valence electrons. The van der Waals surface area contributed by atoms with Crippen molar-refractivity contribution in [1.29, 1.82) is 0 Å². The average molecular weight is 346 g/mol. The number of nitrogens with zero attached hydrogens (tertiary/aromatic N) is 2. The van der Waals surface area contributed by atoms with Crippen molar-refractivity contribution in [3.8, 4) is 0 Å². The molecule has 26 heavy (non-hydrogen) atoms. The number of aryl methyl sites for hydroxylation is 1. The summed E-state index contributed by atoms with van der Waals surface area (Å²) in [6.45, 7) is 3.23. The topological polar surface area (TPSA) is 66.9 Å². The number of nitrogens with one attached hydrogen (secondary N) is 2. The Balaban J connectivity index is 1.57. The molecule has 0 fully saturated rings. The molecule has 0 unspecified atom stereocenters. The van der Waals surface area contributed by atoms with Crippen LogP contribution in [0.25, 0.3) is 0 Å². The Morgan fingerprint density at radius 1 is 0.962 bits per heavy atom. The molecule has 2 aromatic heterocycles. The van der Waals surface area contributed by atoms with Gasteiger partial charge in [-0.3, -0.25) is 9.78 Å². The minimum atomic E-state index is -0.123. The third-order valence-corrected chi connectivity index (χ3v) is 4.08. The Kier molecular flexibility index (Phi) is 5.93. The van der Waals surface area contributed by atoms with Crippen LogP contribution >= 0.6 is 0 Å². The van der Waals surface area contributed by atoms with Gasteiger partial charge in [-0.25, -0.2) is 4.98 Å². The van der Waals surface area contributed by atoms with Crippen molar-refractivity contribution in [2.45, 2.75) is 19.9 Å². The van der Waals surface area contributed by atoms with Gasteiger partial charge in [0.25, 0.3) is 5.91 Å². The van der Waals surface area contributed by atoms with E-state index in [-0.39, 0.29) is 5.91 Å². The van der Waals surface area contributed by atoms with Crippen LogP contribution in [0, 0.1) is 6.92 Å². The van der Waals surface area contributed by atoms with E-state index in [4.69, 9.17) is 0 Å². The van der Waals surface area contributed by atoms with Crippen LogP contribution in [0.4, 0.5) is 5.82 Å². The van der Waals surface area contributed by atoms with Gasteiger partial charge in [-0.2, -0.15) is 0 Å². The molecule has 0 bridgehead atoms. The SMILES string of the molecule is Cc1ccc(CCNC(=O)c2cccnc2NCc2ccncc2)cc1. The van der Waals surface area contributed by atoms with Crippen LogP contribution in [0.3, 0.4) is 0 Å². The number of benzene rings is 1. The van der Waals surface area contributed by atoms with Crippen molar-refractivity contribution in [1.82, 2.24) is 15.3 Å². The molecule has 0 spiro atoms. The molecule has 3 aromatic rings. The second-order valence-corrected chi connectivity index (χ2v) is 6.10. The maximum atomic E-state index is 12.5. The largest absolute Gasteiger partial charge is 0.365 e. The molecule has 5 nitrogen and oxygen atoms in total. The first-order valence-electron chi connectivity index (χ1n) is 8.64. The molecule has 1 aromatic carbocycles. The maximum absolute atomic E-state index is 12.5. The summed E-state index contributed by atoms with van der Waals surface area (Å²) in [6, 6.07) is 15.8. The zero-order valence-electron chi connectivity index (χ0n) is 14.8. The molecular weight excluding hydrogens is 324 g/mol. The quantitative estimate of drug-likeness (QED) is 0.688. The summed E-state index contributed by atoms with van der Waals surface area (Å²) < 4.78 is 0. The molecule has 2 N–H and O–H groups in total. The van der Waals surface area contributed by atoms with Crippen LogP contribution in [0.5, 0.6) is 0 Å². The van der Waals surface area contributed by atoms with E-state index in [0.29, 0.717) is 24.5 Å². The second-order valence-electron chi connectivity index (χ2n) is 6.10. The number of aromatic nitrogens is 2. The first-order valence-corrected chi connectivity index (χ1v) is 8.64. The van der Waals surface area contributed by atoms with Crippen molar-refractivity contribution in [3.05, 3.63) is 89.4 Å². The fraction of sp³-hybridized carbons (Fsp3) is 0.190. The Bertz CT molecular complexity index is 847. The summed E-state index contributed by atoms with van der Waals surface area (Å²) in [5, 5.41) is 6.20. The van der Waals surface area contributed by atoms with Gasteiger partial charge in [0.1, 0.15) is 5.82 Å². The van der Waals surface area contributed by atoms with Crippen molar-refractivity contribution in [2.75, 3.05) is 11.9 Å². The van der Waals surface area contributed by atoms with E-state index < -0.39 is 0 Å². The van der Waals surface area contributed by atoms with Crippen LogP contribution in [0.1, 0.15) is 27.0 Å². The van der Waals surface area contributed by atoms with E-state index >= 15 is 0 Å². The summed E-state index contributed by atoms with van der Waals surface area (Å²) in [7, 11) is 0. The van der Waals surface area contributed by atoms with Gasteiger partial charge in [0.15, 0.2) is 0 Å². The number of hydrogen-bond donors (Lipinski definition) is 2. The molecule has 1 amide bonds. The standard InChI is InChI=1S/C21H22N4O/c1-16-4-6-17(7-5-16)10-14-24-21(26)19-3-2-11-23-20(19)25-15-18-8-12-22-13-9-18/h2-9,11-13H,10,14-15H2,1H3,(H,23,25)(H,24,26). The fourth-order valence-electron chi connectivity index (χ4n) is 2.59. The lowest BCUT2D eigenvalue weighted by molar-refractivity contribution is 0.0954. The Morgan fingerprint density at radius 3 is 2.50 bits per heavy atom. The summed E-state index contributed by atoms with van der Waals surface area (Å²) in [5.74, 6) is 0.458. The van der Waals surface area contributed by atoms with Gasteiger partial charge < -0.3 is 10.6 Å². The summed E-state index contributed by atoms with van der Waals surface area (Å²) in [4.78, 5) is 20.8. The zero-order chi connectivity index (χ0) is 18.2. The van der Waals surface area contributed by atoms with Crippen LogP contribution in [-0.2, 0) is 13.0 Å². The maximum Gasteiger partial charge on any atom is 0.255 e. The molecule has 2 heterocycles. The molecule has 3 rings (SSSR count). The first kappa shape index (κ1) is 17.6. The number of anilines is 1. The highest BCUT2D eigenvalue weighted by molar-refractivity contribution is 5.98. The number of carbonyl (C=O) groups is 1. The molecule has 0 aliphatic heterocycles. The Hall–Kier alpha value is -3.21. The van der Waals surface area contributed by atoms with E-state index in [1.807, 2.05) is 12.1 Å². The Morgan fingerprint density at radius 2 is 1.73 bits per heavy atom. The predicted octanol–water partition coefficient (Wildman–Crippen LogP) is 3.37. The number of pyridine rings is 2. The molecule has 5 heteroatoms. The van der Waals surface area contributed by atoms with Gasteiger partial charge >= 0.3 is 0 Å². The van der Waals surface area contributed by atoms with Crippen LogP contribution in [0.15, 0.2) is 67.1 Å². The van der Waals surface area contributed by atoms with E-state index in [1.165, 1.54) is 11.1 Å². The Labute approximate surface area is 153 Å². The number of amides is 1. The van der Waals surface area contributed by atoms with E-state index in [1.54, 1.807) is 30.7 Å². The molecule has 0 saturated heterocycles.